The SMILES string of the molecule is CCCCCCNC1CCCN(S(=O)(=O)c2ccc(CNC(=O)c3ccccc3)s2)CC1. The molecule has 3 rings (SSSR count). The van der Waals surface area contributed by atoms with Crippen molar-refractivity contribution in [1.29, 1.82) is 0 Å². The Morgan fingerprint density at radius 1 is 1.06 bits per heavy atom. The average molecular weight is 478 g/mol. The van der Waals surface area contributed by atoms with Crippen LogP contribution >= 0.6 is 11.3 Å². The molecule has 0 saturated carbocycles. The van der Waals surface area contributed by atoms with E-state index in [2.05, 4.69) is 17.6 Å². The van der Waals surface area contributed by atoms with Gasteiger partial charge in [0.25, 0.3) is 15.9 Å². The molecule has 176 valence electrons. The minimum atomic E-state index is -3.50. The first-order valence-corrected chi connectivity index (χ1v) is 13.9. The summed E-state index contributed by atoms with van der Waals surface area (Å²) in [5, 5.41) is 6.48. The number of nitrogens with zero attached hydrogens (tertiary/aromatic N) is 1. The van der Waals surface area contributed by atoms with Crippen molar-refractivity contribution in [2.45, 2.75) is 68.7 Å². The summed E-state index contributed by atoms with van der Waals surface area (Å²) in [7, 11) is -3.50. The van der Waals surface area contributed by atoms with E-state index in [1.54, 1.807) is 28.6 Å². The van der Waals surface area contributed by atoms with E-state index in [0.29, 0.717) is 35.4 Å². The zero-order chi connectivity index (χ0) is 22.8. The Morgan fingerprint density at radius 2 is 1.88 bits per heavy atom. The Hall–Kier alpha value is -1.74. The van der Waals surface area contributed by atoms with E-state index in [9.17, 15) is 13.2 Å². The van der Waals surface area contributed by atoms with Gasteiger partial charge in [-0.3, -0.25) is 4.79 Å². The number of sulfonamides is 1. The number of hydrogen-bond acceptors (Lipinski definition) is 5. The standard InChI is InChI=1S/C24H35N3O3S2/c1-2-3-4-8-16-25-21-12-9-17-27(18-15-21)32(29,30)23-14-13-22(31-23)19-26-24(28)20-10-6-5-7-11-20/h5-7,10-11,13-14,21,25H,2-4,8-9,12,15-19H2,1H3,(H,26,28). The van der Waals surface area contributed by atoms with Crippen LogP contribution in [-0.4, -0.2) is 44.3 Å². The lowest BCUT2D eigenvalue weighted by Crippen LogP contribution is -2.34. The highest BCUT2D eigenvalue weighted by molar-refractivity contribution is 7.91. The van der Waals surface area contributed by atoms with Gasteiger partial charge in [-0.2, -0.15) is 4.31 Å². The summed E-state index contributed by atoms with van der Waals surface area (Å²) in [6, 6.07) is 12.9. The zero-order valence-corrected chi connectivity index (χ0v) is 20.5. The van der Waals surface area contributed by atoms with Crippen molar-refractivity contribution < 1.29 is 13.2 Å². The molecular weight excluding hydrogens is 442 g/mol. The van der Waals surface area contributed by atoms with Gasteiger partial charge in [0.05, 0.1) is 6.54 Å². The summed E-state index contributed by atoms with van der Waals surface area (Å²) in [4.78, 5) is 13.1. The molecule has 1 unspecified atom stereocenters. The molecule has 0 aliphatic carbocycles. The lowest BCUT2D eigenvalue weighted by molar-refractivity contribution is 0.0951. The second-order valence-electron chi connectivity index (χ2n) is 8.32. The number of nitrogens with one attached hydrogen (secondary N) is 2. The molecule has 6 nitrogen and oxygen atoms in total. The maximum atomic E-state index is 13.2. The number of benzene rings is 1. The minimum Gasteiger partial charge on any atom is -0.347 e. The van der Waals surface area contributed by atoms with Gasteiger partial charge < -0.3 is 10.6 Å². The van der Waals surface area contributed by atoms with E-state index in [0.717, 1.165) is 30.7 Å². The minimum absolute atomic E-state index is 0.163. The monoisotopic (exact) mass is 477 g/mol. The summed E-state index contributed by atoms with van der Waals surface area (Å²) in [6.07, 6.45) is 7.68. The van der Waals surface area contributed by atoms with Crippen LogP contribution in [0.3, 0.4) is 0 Å². The third-order valence-electron chi connectivity index (χ3n) is 5.84. The second-order valence-corrected chi connectivity index (χ2v) is 11.6. The van der Waals surface area contributed by atoms with Gasteiger partial charge in [-0.05, 0) is 56.5 Å². The van der Waals surface area contributed by atoms with Gasteiger partial charge in [-0.15, -0.1) is 11.3 Å². The molecule has 1 aliphatic heterocycles. The molecule has 0 spiro atoms. The van der Waals surface area contributed by atoms with Crippen molar-refractivity contribution >= 4 is 27.3 Å². The van der Waals surface area contributed by atoms with Crippen LogP contribution in [0.25, 0.3) is 0 Å². The molecule has 0 radical (unpaired) electrons. The largest absolute Gasteiger partial charge is 0.347 e. The topological polar surface area (TPSA) is 78.5 Å². The molecule has 2 heterocycles. The Balaban J connectivity index is 1.50. The predicted molar refractivity (Wildman–Crippen MR) is 130 cm³/mol. The van der Waals surface area contributed by atoms with Crippen LogP contribution in [0.1, 0.15) is 67.1 Å². The Bertz CT molecular complexity index is 944. The van der Waals surface area contributed by atoms with Crippen molar-refractivity contribution in [3.63, 3.8) is 0 Å². The number of carbonyl (C=O) groups is 1. The summed E-state index contributed by atoms with van der Waals surface area (Å²) < 4.78 is 28.3. The number of carbonyl (C=O) groups excluding carboxylic acids is 1. The first kappa shape index (κ1) is 24.9. The molecule has 1 saturated heterocycles. The van der Waals surface area contributed by atoms with E-state index < -0.39 is 10.0 Å². The molecule has 2 N–H and O–H groups in total. The molecule has 32 heavy (non-hydrogen) atoms. The maximum absolute atomic E-state index is 13.2. The number of amides is 1. The number of unbranched alkanes of at least 4 members (excludes halogenated alkanes) is 3. The molecule has 1 amide bonds. The fourth-order valence-corrected chi connectivity index (χ4v) is 6.89. The highest BCUT2D eigenvalue weighted by Gasteiger charge is 2.28. The number of rotatable bonds is 11. The quantitative estimate of drug-likeness (QED) is 0.471. The summed E-state index contributed by atoms with van der Waals surface area (Å²) in [5.74, 6) is -0.163. The van der Waals surface area contributed by atoms with E-state index in [1.165, 1.54) is 37.0 Å². The smallest absolute Gasteiger partial charge is 0.252 e. The zero-order valence-electron chi connectivity index (χ0n) is 18.9. The molecular formula is C24H35N3O3S2. The molecule has 1 atom stereocenters. The van der Waals surface area contributed by atoms with E-state index in [-0.39, 0.29) is 5.91 Å². The fourth-order valence-electron chi connectivity index (χ4n) is 3.95. The fraction of sp³-hybridized carbons (Fsp3) is 0.542. The first-order chi connectivity index (χ1) is 15.5. The molecule has 1 aromatic heterocycles. The van der Waals surface area contributed by atoms with Crippen LogP contribution in [-0.2, 0) is 16.6 Å². The van der Waals surface area contributed by atoms with Gasteiger partial charge in [0.2, 0.25) is 0 Å². The summed E-state index contributed by atoms with van der Waals surface area (Å²) in [6.45, 7) is 4.66. The van der Waals surface area contributed by atoms with Crippen LogP contribution in [0.15, 0.2) is 46.7 Å². The van der Waals surface area contributed by atoms with Gasteiger partial charge in [0.1, 0.15) is 4.21 Å². The van der Waals surface area contributed by atoms with Gasteiger partial charge >= 0.3 is 0 Å². The van der Waals surface area contributed by atoms with Gasteiger partial charge in [0, 0.05) is 29.6 Å². The summed E-state index contributed by atoms with van der Waals surface area (Å²) >= 11 is 1.24. The lowest BCUT2D eigenvalue weighted by Gasteiger charge is -2.19. The van der Waals surface area contributed by atoms with Gasteiger partial charge in [-0.1, -0.05) is 44.4 Å². The van der Waals surface area contributed by atoms with Crippen LogP contribution < -0.4 is 10.6 Å². The lowest BCUT2D eigenvalue weighted by atomic mass is 10.1. The molecule has 1 aromatic carbocycles. The highest BCUT2D eigenvalue weighted by atomic mass is 32.2. The van der Waals surface area contributed by atoms with E-state index in [4.69, 9.17) is 0 Å². The maximum Gasteiger partial charge on any atom is 0.252 e. The van der Waals surface area contributed by atoms with E-state index >= 15 is 0 Å². The van der Waals surface area contributed by atoms with Crippen molar-refractivity contribution in [2.75, 3.05) is 19.6 Å². The average Bonchev–Trinajstić information content (AvgIpc) is 3.16. The Labute approximate surface area is 196 Å². The van der Waals surface area contributed by atoms with Crippen LogP contribution in [0.2, 0.25) is 0 Å². The van der Waals surface area contributed by atoms with Crippen molar-refractivity contribution in [1.82, 2.24) is 14.9 Å². The normalized spacial score (nSPS) is 17.7. The van der Waals surface area contributed by atoms with Gasteiger partial charge in [0.15, 0.2) is 0 Å². The number of thiophene rings is 1. The van der Waals surface area contributed by atoms with Crippen LogP contribution in [0.5, 0.6) is 0 Å². The van der Waals surface area contributed by atoms with Crippen molar-refractivity contribution in [3.8, 4) is 0 Å². The molecule has 8 heteroatoms. The Kier molecular flexibility index (Phi) is 9.71. The van der Waals surface area contributed by atoms with Crippen molar-refractivity contribution in [3.05, 3.63) is 52.9 Å². The highest BCUT2D eigenvalue weighted by Crippen LogP contribution is 2.27. The van der Waals surface area contributed by atoms with Crippen molar-refractivity contribution in [2.24, 2.45) is 0 Å². The van der Waals surface area contributed by atoms with Crippen LogP contribution in [0.4, 0.5) is 0 Å². The molecule has 0 bridgehead atoms. The van der Waals surface area contributed by atoms with Gasteiger partial charge in [-0.25, -0.2) is 8.42 Å². The predicted octanol–water partition coefficient (Wildman–Crippen LogP) is 4.39. The van der Waals surface area contributed by atoms with E-state index in [1.807, 2.05) is 18.2 Å². The Morgan fingerprint density at radius 3 is 2.66 bits per heavy atom. The number of hydrogen-bond donors (Lipinski definition) is 2. The molecule has 1 fully saturated rings. The molecule has 1 aliphatic rings. The first-order valence-electron chi connectivity index (χ1n) is 11.7. The second kappa shape index (κ2) is 12.5. The third-order valence-corrected chi connectivity index (χ3v) is 9.29. The van der Waals surface area contributed by atoms with Crippen LogP contribution in [0, 0.1) is 0 Å². The molecule has 2 aromatic rings. The third kappa shape index (κ3) is 7.13. The summed E-state index contributed by atoms with van der Waals surface area (Å²) in [5.41, 5.74) is 0.593.